The minimum atomic E-state index is -2.88. The summed E-state index contributed by atoms with van der Waals surface area (Å²) in [5.74, 6) is -2.71. The van der Waals surface area contributed by atoms with Crippen molar-refractivity contribution in [1.82, 2.24) is 4.98 Å². The van der Waals surface area contributed by atoms with Crippen LogP contribution in [-0.2, 0) is 12.5 Å². The minimum Gasteiger partial charge on any atom is -0.497 e. The van der Waals surface area contributed by atoms with Crippen molar-refractivity contribution < 1.29 is 13.5 Å². The molecular weight excluding hydrogens is 322 g/mol. The average molecular weight is 339 g/mol. The van der Waals surface area contributed by atoms with E-state index in [9.17, 15) is 8.78 Å². The van der Waals surface area contributed by atoms with E-state index in [1.165, 1.54) is 12.3 Å². The number of anilines is 1. The summed E-state index contributed by atoms with van der Waals surface area (Å²) in [6.45, 7) is 0.415. The van der Waals surface area contributed by atoms with E-state index < -0.39 is 11.8 Å². The van der Waals surface area contributed by atoms with Gasteiger partial charge in [-0.3, -0.25) is 0 Å². The number of alkyl halides is 2. The number of benzene rings is 1. The number of rotatable bonds is 6. The van der Waals surface area contributed by atoms with Crippen LogP contribution in [0.1, 0.15) is 24.0 Å². The monoisotopic (exact) mass is 338 g/mol. The number of hydrogen-bond acceptors (Lipinski definition) is 3. The number of pyridine rings is 1. The van der Waals surface area contributed by atoms with Crippen molar-refractivity contribution >= 4 is 17.3 Å². The maximum Gasteiger partial charge on any atom is 0.279 e. The van der Waals surface area contributed by atoms with Crippen molar-refractivity contribution in [3.05, 3.63) is 52.8 Å². The molecule has 1 N–H and O–H groups in total. The van der Waals surface area contributed by atoms with Crippen molar-refractivity contribution in [3.63, 3.8) is 0 Å². The number of nitrogens with one attached hydrogen (secondary N) is 1. The molecule has 23 heavy (non-hydrogen) atoms. The molecule has 122 valence electrons. The second-order valence-electron chi connectivity index (χ2n) is 5.65. The lowest BCUT2D eigenvalue weighted by molar-refractivity contribution is -0.0281. The molecule has 3 nitrogen and oxygen atoms in total. The molecule has 1 aliphatic carbocycles. The molecule has 0 saturated heterocycles. The summed E-state index contributed by atoms with van der Waals surface area (Å²) >= 11 is 5.87. The molecule has 1 aromatic heterocycles. The summed E-state index contributed by atoms with van der Waals surface area (Å²) in [7, 11) is 1.60. The Morgan fingerprint density at radius 2 is 2.00 bits per heavy atom. The molecule has 0 bridgehead atoms. The van der Waals surface area contributed by atoms with Crippen LogP contribution in [0.3, 0.4) is 0 Å². The van der Waals surface area contributed by atoms with Gasteiger partial charge in [-0.05, 0) is 36.6 Å². The van der Waals surface area contributed by atoms with Crippen molar-refractivity contribution in [3.8, 4) is 5.75 Å². The van der Waals surface area contributed by atoms with E-state index in [2.05, 4.69) is 10.3 Å². The minimum absolute atomic E-state index is 0.0853. The van der Waals surface area contributed by atoms with Crippen LogP contribution in [0.4, 0.5) is 14.5 Å². The summed E-state index contributed by atoms with van der Waals surface area (Å²) in [4.78, 5) is 3.82. The van der Waals surface area contributed by atoms with Crippen LogP contribution in [0.25, 0.3) is 0 Å². The molecule has 0 spiro atoms. The molecule has 6 heteroatoms. The molecular formula is C17H17ClF2N2O. The van der Waals surface area contributed by atoms with Crippen molar-refractivity contribution in [2.24, 2.45) is 5.92 Å². The van der Waals surface area contributed by atoms with Gasteiger partial charge in [0.1, 0.15) is 10.9 Å². The molecule has 0 amide bonds. The largest absolute Gasteiger partial charge is 0.497 e. The van der Waals surface area contributed by atoms with Gasteiger partial charge >= 0.3 is 0 Å². The lowest BCUT2D eigenvalue weighted by Gasteiger charge is -2.20. The van der Waals surface area contributed by atoms with E-state index in [0.717, 1.165) is 11.3 Å². The second kappa shape index (κ2) is 6.32. The molecule has 1 saturated carbocycles. The highest BCUT2D eigenvalue weighted by atomic mass is 35.5. The van der Waals surface area contributed by atoms with E-state index in [1.807, 2.05) is 24.3 Å². The fourth-order valence-electron chi connectivity index (χ4n) is 2.45. The van der Waals surface area contributed by atoms with Crippen LogP contribution in [0.2, 0.25) is 5.15 Å². The van der Waals surface area contributed by atoms with Gasteiger partial charge < -0.3 is 10.1 Å². The zero-order chi connectivity index (χ0) is 16.4. The standard InChI is InChI=1S/C17H17ClF2N2O/c1-23-13-6-2-11(3-7-13)9-21-15-8-16(18)22-10-14(15)17(19,20)12-4-5-12/h2-3,6-8,10,12H,4-5,9H2,1H3,(H,21,22). The molecule has 0 radical (unpaired) electrons. The highest BCUT2D eigenvalue weighted by Gasteiger charge is 2.49. The van der Waals surface area contributed by atoms with Gasteiger partial charge in [-0.2, -0.15) is 0 Å². The van der Waals surface area contributed by atoms with Crippen molar-refractivity contribution in [2.75, 3.05) is 12.4 Å². The Morgan fingerprint density at radius 1 is 1.30 bits per heavy atom. The molecule has 0 unspecified atom stereocenters. The van der Waals surface area contributed by atoms with E-state index >= 15 is 0 Å². The van der Waals surface area contributed by atoms with Crippen LogP contribution in [0.15, 0.2) is 36.5 Å². The first-order chi connectivity index (χ1) is 11.0. The smallest absolute Gasteiger partial charge is 0.279 e. The predicted octanol–water partition coefficient (Wildman–Crippen LogP) is 4.86. The average Bonchev–Trinajstić information content (AvgIpc) is 3.38. The number of ether oxygens (including phenoxy) is 1. The number of methoxy groups -OCH3 is 1. The zero-order valence-corrected chi connectivity index (χ0v) is 13.4. The lowest BCUT2D eigenvalue weighted by atomic mass is 10.0. The van der Waals surface area contributed by atoms with Crippen LogP contribution >= 0.6 is 11.6 Å². The third-order valence-corrected chi connectivity index (χ3v) is 4.17. The van der Waals surface area contributed by atoms with E-state index in [4.69, 9.17) is 16.3 Å². The van der Waals surface area contributed by atoms with Gasteiger partial charge in [-0.25, -0.2) is 13.8 Å². The number of nitrogens with zero attached hydrogens (tertiary/aromatic N) is 1. The topological polar surface area (TPSA) is 34.1 Å². The first-order valence-corrected chi connectivity index (χ1v) is 7.79. The first-order valence-electron chi connectivity index (χ1n) is 7.41. The van der Waals surface area contributed by atoms with Gasteiger partial charge in [0.15, 0.2) is 0 Å². The van der Waals surface area contributed by atoms with Gasteiger partial charge in [0.2, 0.25) is 0 Å². The fraction of sp³-hybridized carbons (Fsp3) is 0.353. The quantitative estimate of drug-likeness (QED) is 0.764. The predicted molar refractivity (Wildman–Crippen MR) is 86.2 cm³/mol. The van der Waals surface area contributed by atoms with Gasteiger partial charge in [0.05, 0.1) is 12.7 Å². The van der Waals surface area contributed by atoms with Gasteiger partial charge in [0.25, 0.3) is 5.92 Å². The summed E-state index contributed by atoms with van der Waals surface area (Å²) in [6.07, 6.45) is 2.28. The van der Waals surface area contributed by atoms with Crippen molar-refractivity contribution in [1.29, 1.82) is 0 Å². The second-order valence-corrected chi connectivity index (χ2v) is 6.04. The number of halogens is 3. The molecule has 1 fully saturated rings. The normalized spacial score (nSPS) is 14.6. The Balaban J connectivity index is 1.79. The third kappa shape index (κ3) is 3.55. The van der Waals surface area contributed by atoms with E-state index in [-0.39, 0.29) is 10.7 Å². The van der Waals surface area contributed by atoms with E-state index in [1.54, 1.807) is 7.11 Å². The first kappa shape index (κ1) is 16.0. The Morgan fingerprint density at radius 3 is 2.61 bits per heavy atom. The molecule has 2 aromatic rings. The van der Waals surface area contributed by atoms with E-state index in [0.29, 0.717) is 25.1 Å². The SMILES string of the molecule is COc1ccc(CNc2cc(Cl)ncc2C(F)(F)C2CC2)cc1. The Hall–Kier alpha value is -1.88. The summed E-state index contributed by atoms with van der Waals surface area (Å²) in [5, 5.41) is 3.24. The van der Waals surface area contributed by atoms with Gasteiger partial charge in [-0.15, -0.1) is 0 Å². The molecule has 0 aliphatic heterocycles. The molecule has 0 atom stereocenters. The molecule has 3 rings (SSSR count). The summed E-state index contributed by atoms with van der Waals surface area (Å²) in [6, 6.07) is 8.88. The van der Waals surface area contributed by atoms with Crippen LogP contribution in [0, 0.1) is 5.92 Å². The Kier molecular flexibility index (Phi) is 4.39. The zero-order valence-electron chi connectivity index (χ0n) is 12.7. The van der Waals surface area contributed by atoms with Gasteiger partial charge in [-0.1, -0.05) is 23.7 Å². The Labute approximate surface area is 138 Å². The molecule has 1 aliphatic rings. The Bertz CT molecular complexity index is 687. The van der Waals surface area contributed by atoms with Crippen molar-refractivity contribution in [2.45, 2.75) is 25.3 Å². The number of hydrogen-bond donors (Lipinski definition) is 1. The third-order valence-electron chi connectivity index (χ3n) is 3.96. The maximum absolute atomic E-state index is 14.4. The summed E-state index contributed by atoms with van der Waals surface area (Å²) in [5.41, 5.74) is 1.20. The number of aromatic nitrogens is 1. The highest BCUT2D eigenvalue weighted by Crippen LogP contribution is 2.51. The van der Waals surface area contributed by atoms with Crippen LogP contribution in [0.5, 0.6) is 5.75 Å². The van der Waals surface area contributed by atoms with Crippen LogP contribution < -0.4 is 10.1 Å². The fourth-order valence-corrected chi connectivity index (χ4v) is 2.61. The summed E-state index contributed by atoms with van der Waals surface area (Å²) < 4.78 is 33.9. The molecule has 1 aromatic carbocycles. The highest BCUT2D eigenvalue weighted by molar-refractivity contribution is 6.29. The lowest BCUT2D eigenvalue weighted by Crippen LogP contribution is -2.19. The molecule has 1 heterocycles. The maximum atomic E-state index is 14.4. The van der Waals surface area contributed by atoms with Gasteiger partial charge in [0, 0.05) is 24.3 Å². The van der Waals surface area contributed by atoms with Crippen LogP contribution in [-0.4, -0.2) is 12.1 Å².